The van der Waals surface area contributed by atoms with Gasteiger partial charge >= 0.3 is 0 Å². The van der Waals surface area contributed by atoms with Crippen LogP contribution < -0.4 is 5.56 Å². The Morgan fingerprint density at radius 3 is 2.46 bits per heavy atom. The number of hydrogen-bond donors (Lipinski definition) is 1. The Hall–Kier alpha value is -2.88. The predicted octanol–water partition coefficient (Wildman–Crippen LogP) is 4.43. The van der Waals surface area contributed by atoms with E-state index in [0.29, 0.717) is 16.1 Å². The van der Waals surface area contributed by atoms with E-state index in [1.165, 1.54) is 6.92 Å². The Bertz CT molecular complexity index is 1180. The molecule has 0 amide bonds. The largest absolute Gasteiger partial charge is 0.494 e. The topological polar surface area (TPSA) is 83.1 Å². The number of hydrogen-bond acceptors (Lipinski definition) is 4. The Balaban J connectivity index is 2.22. The smallest absolute Gasteiger partial charge is 0.271 e. The zero-order chi connectivity index (χ0) is 20.4. The van der Waals surface area contributed by atoms with Crippen molar-refractivity contribution >= 4 is 33.3 Å². The van der Waals surface area contributed by atoms with E-state index in [1.54, 1.807) is 48.5 Å². The van der Waals surface area contributed by atoms with E-state index < -0.39 is 17.2 Å². The van der Waals surface area contributed by atoms with Crippen LogP contribution in [0.4, 0.5) is 0 Å². The normalized spacial score (nSPS) is 10.5. The van der Waals surface area contributed by atoms with E-state index in [0.717, 1.165) is 9.04 Å². The van der Waals surface area contributed by atoms with Crippen LogP contribution in [-0.2, 0) is 6.54 Å². The second-order valence-corrected chi connectivity index (χ2v) is 7.45. The van der Waals surface area contributed by atoms with Gasteiger partial charge in [-0.3, -0.25) is 14.2 Å². The van der Waals surface area contributed by atoms with Crippen molar-refractivity contribution in [3.8, 4) is 11.9 Å². The lowest BCUT2D eigenvalue weighted by Crippen LogP contribution is -2.27. The summed E-state index contributed by atoms with van der Waals surface area (Å²) >= 11 is 9.47. The van der Waals surface area contributed by atoms with Crippen LogP contribution in [0.2, 0.25) is 5.02 Å². The molecule has 7 heteroatoms. The quantitative estimate of drug-likeness (QED) is 0.588. The number of ketones is 1. The Morgan fingerprint density at radius 1 is 1.21 bits per heavy atom. The van der Waals surface area contributed by atoms with Crippen LogP contribution in [0.25, 0.3) is 0 Å². The standard InChI is InChI=1S/C21H14BrClN2O3/c1-12-16(10-24)20(27)25(11-14-4-2-3-5-17(14)23)21(28)18(12)19(26)13-6-8-15(22)9-7-13/h2-9,28H,11H2,1H3. The fourth-order valence-corrected chi connectivity index (χ4v) is 3.37. The van der Waals surface area contributed by atoms with Crippen molar-refractivity contribution in [2.45, 2.75) is 13.5 Å². The third kappa shape index (κ3) is 3.59. The fraction of sp³-hybridized carbons (Fsp3) is 0.0952. The number of carbonyl (C=O) groups excluding carboxylic acids is 1. The molecule has 28 heavy (non-hydrogen) atoms. The van der Waals surface area contributed by atoms with Gasteiger partial charge in [-0.25, -0.2) is 0 Å². The Labute approximate surface area is 174 Å². The minimum Gasteiger partial charge on any atom is -0.494 e. The molecule has 0 unspecified atom stereocenters. The van der Waals surface area contributed by atoms with Crippen molar-refractivity contribution < 1.29 is 9.90 Å². The van der Waals surface area contributed by atoms with E-state index in [1.807, 2.05) is 6.07 Å². The summed E-state index contributed by atoms with van der Waals surface area (Å²) in [5.74, 6) is -0.971. The van der Waals surface area contributed by atoms with E-state index in [4.69, 9.17) is 11.6 Å². The highest BCUT2D eigenvalue weighted by atomic mass is 79.9. The zero-order valence-corrected chi connectivity index (χ0v) is 17.1. The van der Waals surface area contributed by atoms with Gasteiger partial charge in [0.1, 0.15) is 11.6 Å². The van der Waals surface area contributed by atoms with E-state index in [2.05, 4.69) is 15.9 Å². The average Bonchev–Trinajstić information content (AvgIpc) is 2.67. The van der Waals surface area contributed by atoms with E-state index >= 15 is 0 Å². The van der Waals surface area contributed by atoms with E-state index in [-0.39, 0.29) is 23.2 Å². The lowest BCUT2D eigenvalue weighted by atomic mass is 9.97. The number of pyridine rings is 1. The van der Waals surface area contributed by atoms with Crippen molar-refractivity contribution in [3.63, 3.8) is 0 Å². The Kier molecular flexibility index (Phi) is 5.68. The summed E-state index contributed by atoms with van der Waals surface area (Å²) in [6, 6.07) is 15.3. The molecule has 0 atom stereocenters. The van der Waals surface area contributed by atoms with Crippen LogP contribution in [0.15, 0.2) is 57.8 Å². The summed E-state index contributed by atoms with van der Waals surface area (Å²) in [6.45, 7) is 1.41. The van der Waals surface area contributed by atoms with Crippen LogP contribution in [0.5, 0.6) is 5.88 Å². The van der Waals surface area contributed by atoms with Gasteiger partial charge in [-0.05, 0) is 48.4 Å². The van der Waals surface area contributed by atoms with Crippen molar-refractivity contribution in [2.24, 2.45) is 0 Å². The van der Waals surface area contributed by atoms with Gasteiger partial charge in [-0.2, -0.15) is 5.26 Å². The summed E-state index contributed by atoms with van der Waals surface area (Å²) in [7, 11) is 0. The van der Waals surface area contributed by atoms with Crippen LogP contribution in [0, 0.1) is 18.3 Å². The fourth-order valence-electron chi connectivity index (χ4n) is 2.91. The third-order valence-corrected chi connectivity index (χ3v) is 5.32. The highest BCUT2D eigenvalue weighted by Crippen LogP contribution is 2.27. The highest BCUT2D eigenvalue weighted by Gasteiger charge is 2.25. The molecule has 0 spiro atoms. The molecule has 0 saturated heterocycles. The number of aromatic hydroxyl groups is 1. The SMILES string of the molecule is Cc1c(C(=O)c2ccc(Br)cc2)c(O)n(Cc2ccccc2Cl)c(=O)c1C#N. The minimum absolute atomic E-state index is 0.0695. The van der Waals surface area contributed by atoms with Gasteiger partial charge < -0.3 is 5.11 Å². The molecule has 3 aromatic rings. The number of aromatic nitrogens is 1. The maximum atomic E-state index is 13.0. The first-order valence-electron chi connectivity index (χ1n) is 8.25. The maximum Gasteiger partial charge on any atom is 0.271 e. The molecule has 1 aromatic heterocycles. The molecule has 3 rings (SSSR count). The zero-order valence-electron chi connectivity index (χ0n) is 14.7. The molecular weight excluding hydrogens is 444 g/mol. The van der Waals surface area contributed by atoms with Gasteiger partial charge in [-0.1, -0.05) is 45.7 Å². The van der Waals surface area contributed by atoms with Gasteiger partial charge in [0.05, 0.1) is 12.1 Å². The molecule has 0 aliphatic heterocycles. The van der Waals surface area contributed by atoms with Crippen LogP contribution >= 0.6 is 27.5 Å². The van der Waals surface area contributed by atoms with Crippen LogP contribution in [0.1, 0.15) is 32.6 Å². The monoisotopic (exact) mass is 456 g/mol. The minimum atomic E-state index is -0.676. The first kappa shape index (κ1) is 19.9. The number of halogens is 2. The first-order valence-corrected chi connectivity index (χ1v) is 9.42. The maximum absolute atomic E-state index is 13.0. The number of carbonyl (C=O) groups is 1. The number of nitriles is 1. The summed E-state index contributed by atoms with van der Waals surface area (Å²) < 4.78 is 1.80. The van der Waals surface area contributed by atoms with Gasteiger partial charge in [-0.15, -0.1) is 0 Å². The van der Waals surface area contributed by atoms with E-state index in [9.17, 15) is 20.0 Å². The molecule has 5 nitrogen and oxygen atoms in total. The molecule has 0 aliphatic rings. The van der Waals surface area contributed by atoms with Gasteiger partial charge in [0, 0.05) is 15.1 Å². The molecular formula is C21H14BrClN2O3. The van der Waals surface area contributed by atoms with Gasteiger partial charge in [0.15, 0.2) is 5.78 Å². The summed E-state index contributed by atoms with van der Waals surface area (Å²) in [6.07, 6.45) is 0. The van der Waals surface area contributed by atoms with Crippen LogP contribution in [-0.4, -0.2) is 15.5 Å². The van der Waals surface area contributed by atoms with Crippen molar-refractivity contribution in [3.05, 3.63) is 96.2 Å². The molecule has 0 aliphatic carbocycles. The number of benzene rings is 2. The molecule has 0 bridgehead atoms. The molecule has 1 N–H and O–H groups in total. The first-order chi connectivity index (χ1) is 13.3. The number of rotatable bonds is 4. The van der Waals surface area contributed by atoms with Crippen LogP contribution in [0.3, 0.4) is 0 Å². The lowest BCUT2D eigenvalue weighted by molar-refractivity contribution is 0.103. The molecule has 1 heterocycles. The second-order valence-electron chi connectivity index (χ2n) is 6.13. The Morgan fingerprint density at radius 2 is 1.86 bits per heavy atom. The van der Waals surface area contributed by atoms with Crippen molar-refractivity contribution in [1.29, 1.82) is 5.26 Å². The van der Waals surface area contributed by atoms with Gasteiger partial charge in [0.25, 0.3) is 5.56 Å². The number of nitrogens with zero attached hydrogens (tertiary/aromatic N) is 2. The predicted molar refractivity (Wildman–Crippen MR) is 110 cm³/mol. The molecule has 140 valence electrons. The summed E-state index contributed by atoms with van der Waals surface area (Å²) in [5, 5.41) is 20.7. The lowest BCUT2D eigenvalue weighted by Gasteiger charge is -2.16. The van der Waals surface area contributed by atoms with Gasteiger partial charge in [0.2, 0.25) is 5.88 Å². The highest BCUT2D eigenvalue weighted by molar-refractivity contribution is 9.10. The average molecular weight is 458 g/mol. The molecule has 0 fully saturated rings. The van der Waals surface area contributed by atoms with Crippen molar-refractivity contribution in [2.75, 3.05) is 0 Å². The summed E-state index contributed by atoms with van der Waals surface area (Å²) in [4.78, 5) is 25.8. The third-order valence-electron chi connectivity index (χ3n) is 4.42. The summed E-state index contributed by atoms with van der Waals surface area (Å²) in [5.41, 5.74) is 0.110. The van der Waals surface area contributed by atoms with Crippen molar-refractivity contribution in [1.82, 2.24) is 4.57 Å². The molecule has 2 aromatic carbocycles. The second kappa shape index (κ2) is 8.01. The molecule has 0 radical (unpaired) electrons. The molecule has 0 saturated carbocycles.